The quantitative estimate of drug-likeness (QED) is 0.846. The van der Waals surface area contributed by atoms with Crippen molar-refractivity contribution >= 4 is 23.2 Å². The minimum atomic E-state index is -0.408. The van der Waals surface area contributed by atoms with Crippen LogP contribution in [0, 0.1) is 0 Å². The van der Waals surface area contributed by atoms with Crippen LogP contribution < -0.4 is 5.73 Å². The molecule has 0 aromatic heterocycles. The molecule has 5 heteroatoms. The minimum Gasteiger partial charge on any atom is -0.506 e. The Bertz CT molecular complexity index is 331. The molecule has 0 radical (unpaired) electrons. The molecule has 14 heavy (non-hydrogen) atoms. The average Bonchev–Trinajstić information content (AvgIpc) is 2.15. The molecule has 0 amide bonds. The predicted molar refractivity (Wildman–Crippen MR) is 56.9 cm³/mol. The lowest BCUT2D eigenvalue weighted by molar-refractivity contribution is 0.180. The summed E-state index contributed by atoms with van der Waals surface area (Å²) in [6, 6.07) is 2.82. The van der Waals surface area contributed by atoms with Gasteiger partial charge in [0, 0.05) is 12.7 Å². The maximum absolute atomic E-state index is 9.62. The molecule has 0 aliphatic rings. The molecule has 1 aromatic rings. The third kappa shape index (κ3) is 2.30. The Hall–Kier alpha value is -0.480. The molecule has 0 saturated heterocycles. The first-order valence-corrected chi connectivity index (χ1v) is 4.75. The van der Waals surface area contributed by atoms with Crippen molar-refractivity contribution in [2.45, 2.75) is 6.04 Å². The van der Waals surface area contributed by atoms with E-state index in [1.807, 2.05) is 0 Å². The Morgan fingerprint density at radius 2 is 2.14 bits per heavy atom. The van der Waals surface area contributed by atoms with E-state index in [0.717, 1.165) is 0 Å². The number of aromatic hydroxyl groups is 1. The smallest absolute Gasteiger partial charge is 0.140 e. The largest absolute Gasteiger partial charge is 0.506 e. The summed E-state index contributed by atoms with van der Waals surface area (Å²) in [5.41, 5.74) is 6.27. The van der Waals surface area contributed by atoms with Crippen LogP contribution >= 0.6 is 23.2 Å². The van der Waals surface area contributed by atoms with Gasteiger partial charge in [0.15, 0.2) is 0 Å². The number of ether oxygens (including phenoxy) is 1. The molecule has 0 heterocycles. The van der Waals surface area contributed by atoms with Crippen LogP contribution in [-0.4, -0.2) is 18.8 Å². The van der Waals surface area contributed by atoms with Crippen molar-refractivity contribution in [3.8, 4) is 5.75 Å². The molecule has 0 aliphatic carbocycles. The number of hydrogen-bond donors (Lipinski definition) is 2. The highest BCUT2D eigenvalue weighted by molar-refractivity contribution is 6.43. The number of nitrogens with two attached hydrogens (primary N) is 1. The number of hydrogen-bond acceptors (Lipinski definition) is 3. The molecule has 3 N–H and O–H groups in total. The minimum absolute atomic E-state index is 0.0799. The van der Waals surface area contributed by atoms with Gasteiger partial charge in [0.1, 0.15) is 10.8 Å². The van der Waals surface area contributed by atoms with Crippen molar-refractivity contribution in [1.29, 1.82) is 0 Å². The topological polar surface area (TPSA) is 55.5 Å². The molecule has 1 rings (SSSR count). The molecule has 0 unspecified atom stereocenters. The summed E-state index contributed by atoms with van der Waals surface area (Å²) < 4.78 is 4.87. The van der Waals surface area contributed by atoms with E-state index < -0.39 is 6.04 Å². The van der Waals surface area contributed by atoms with E-state index in [1.165, 1.54) is 7.11 Å². The fourth-order valence-corrected chi connectivity index (χ4v) is 1.45. The van der Waals surface area contributed by atoms with Gasteiger partial charge >= 0.3 is 0 Å². The molecule has 0 aliphatic heterocycles. The van der Waals surface area contributed by atoms with Crippen molar-refractivity contribution in [1.82, 2.24) is 0 Å². The maximum Gasteiger partial charge on any atom is 0.140 e. The fraction of sp³-hybridized carbons (Fsp3) is 0.333. The second-order valence-corrected chi connectivity index (χ2v) is 3.65. The standard InChI is InChI=1S/C9H11Cl2NO2/c1-14-4-7(12)5-2-3-6(10)8(11)9(5)13/h2-3,7,13H,4,12H2,1H3/t7-/m0/s1. The van der Waals surface area contributed by atoms with Crippen molar-refractivity contribution in [2.75, 3.05) is 13.7 Å². The first-order valence-electron chi connectivity index (χ1n) is 3.99. The molecule has 0 bridgehead atoms. The number of phenolic OH excluding ortho intramolecular Hbond substituents is 1. The number of phenols is 1. The summed E-state index contributed by atoms with van der Waals surface area (Å²) in [4.78, 5) is 0. The Labute approximate surface area is 92.4 Å². The predicted octanol–water partition coefficient (Wildman–Crippen LogP) is 2.35. The van der Waals surface area contributed by atoms with Gasteiger partial charge < -0.3 is 15.6 Å². The second kappa shape index (κ2) is 4.84. The first kappa shape index (κ1) is 11.6. The number of methoxy groups -OCH3 is 1. The van der Waals surface area contributed by atoms with Crippen molar-refractivity contribution in [2.24, 2.45) is 5.73 Å². The van der Waals surface area contributed by atoms with Crippen LogP contribution in [0.4, 0.5) is 0 Å². The van der Waals surface area contributed by atoms with Crippen molar-refractivity contribution in [3.63, 3.8) is 0 Å². The van der Waals surface area contributed by atoms with Gasteiger partial charge in [-0.3, -0.25) is 0 Å². The third-order valence-electron chi connectivity index (χ3n) is 1.85. The van der Waals surface area contributed by atoms with E-state index in [0.29, 0.717) is 17.2 Å². The van der Waals surface area contributed by atoms with Gasteiger partial charge in [0.05, 0.1) is 17.7 Å². The summed E-state index contributed by atoms with van der Waals surface area (Å²) in [5.74, 6) is -0.0799. The lowest BCUT2D eigenvalue weighted by atomic mass is 10.1. The summed E-state index contributed by atoms with van der Waals surface area (Å²) in [5, 5.41) is 10.0. The van der Waals surface area contributed by atoms with E-state index in [4.69, 9.17) is 33.7 Å². The molecular weight excluding hydrogens is 225 g/mol. The SMILES string of the molecule is COC[C@H](N)c1ccc(Cl)c(Cl)c1O. The summed E-state index contributed by atoms with van der Waals surface area (Å²) in [6.07, 6.45) is 0. The zero-order chi connectivity index (χ0) is 10.7. The van der Waals surface area contributed by atoms with Crippen molar-refractivity contribution < 1.29 is 9.84 Å². The molecule has 78 valence electrons. The van der Waals surface area contributed by atoms with Gasteiger partial charge in [-0.1, -0.05) is 29.3 Å². The van der Waals surface area contributed by atoms with Gasteiger partial charge in [-0.15, -0.1) is 0 Å². The van der Waals surface area contributed by atoms with Crippen LogP contribution in [0.25, 0.3) is 0 Å². The highest BCUT2D eigenvalue weighted by atomic mass is 35.5. The number of rotatable bonds is 3. The van der Waals surface area contributed by atoms with Crippen LogP contribution in [0.5, 0.6) is 5.75 Å². The van der Waals surface area contributed by atoms with E-state index in [-0.39, 0.29) is 10.8 Å². The molecule has 1 aromatic carbocycles. The zero-order valence-corrected chi connectivity index (χ0v) is 9.14. The Morgan fingerprint density at radius 1 is 1.50 bits per heavy atom. The van der Waals surface area contributed by atoms with E-state index in [2.05, 4.69) is 0 Å². The van der Waals surface area contributed by atoms with Crippen LogP contribution in [0.15, 0.2) is 12.1 Å². The lowest BCUT2D eigenvalue weighted by Gasteiger charge is -2.13. The fourth-order valence-electron chi connectivity index (χ4n) is 1.12. The van der Waals surface area contributed by atoms with Crippen LogP contribution in [0.1, 0.15) is 11.6 Å². The second-order valence-electron chi connectivity index (χ2n) is 2.86. The molecule has 0 fully saturated rings. The summed E-state index contributed by atoms with van der Waals surface area (Å²) in [6.45, 7) is 0.311. The van der Waals surface area contributed by atoms with Gasteiger partial charge in [-0.05, 0) is 6.07 Å². The molecule has 0 saturated carbocycles. The van der Waals surface area contributed by atoms with E-state index in [9.17, 15) is 5.11 Å². The lowest BCUT2D eigenvalue weighted by Crippen LogP contribution is -2.16. The van der Waals surface area contributed by atoms with Crippen LogP contribution in [0.2, 0.25) is 10.0 Å². The van der Waals surface area contributed by atoms with E-state index in [1.54, 1.807) is 12.1 Å². The number of halogens is 2. The van der Waals surface area contributed by atoms with Crippen LogP contribution in [-0.2, 0) is 4.74 Å². The normalized spacial score (nSPS) is 12.9. The maximum atomic E-state index is 9.62. The molecular formula is C9H11Cl2NO2. The first-order chi connectivity index (χ1) is 6.57. The summed E-state index contributed by atoms with van der Waals surface area (Å²) in [7, 11) is 1.54. The third-order valence-corrected chi connectivity index (χ3v) is 2.64. The highest BCUT2D eigenvalue weighted by Crippen LogP contribution is 2.36. The highest BCUT2D eigenvalue weighted by Gasteiger charge is 2.15. The number of benzene rings is 1. The van der Waals surface area contributed by atoms with E-state index >= 15 is 0 Å². The van der Waals surface area contributed by atoms with Gasteiger partial charge in [-0.25, -0.2) is 0 Å². The van der Waals surface area contributed by atoms with Crippen LogP contribution in [0.3, 0.4) is 0 Å². The zero-order valence-electron chi connectivity index (χ0n) is 7.63. The Kier molecular flexibility index (Phi) is 4.01. The average molecular weight is 236 g/mol. The molecule has 3 nitrogen and oxygen atoms in total. The monoisotopic (exact) mass is 235 g/mol. The van der Waals surface area contributed by atoms with Gasteiger partial charge in [0.2, 0.25) is 0 Å². The van der Waals surface area contributed by atoms with Gasteiger partial charge in [-0.2, -0.15) is 0 Å². The Balaban J connectivity index is 3.04. The molecule has 1 atom stereocenters. The van der Waals surface area contributed by atoms with Gasteiger partial charge in [0.25, 0.3) is 0 Å². The van der Waals surface area contributed by atoms with Crippen molar-refractivity contribution in [3.05, 3.63) is 27.7 Å². The molecule has 0 spiro atoms. The summed E-state index contributed by atoms with van der Waals surface area (Å²) >= 11 is 11.5. The Morgan fingerprint density at radius 3 is 2.71 bits per heavy atom.